The molecular weight excluding hydrogens is 342 g/mol. The molecule has 2 N–H and O–H groups in total. The van der Waals surface area contributed by atoms with Gasteiger partial charge in [-0.2, -0.15) is 0 Å². The first kappa shape index (κ1) is 18.6. The van der Waals surface area contributed by atoms with Crippen LogP contribution >= 0.6 is 0 Å². The number of amides is 1. The van der Waals surface area contributed by atoms with Crippen molar-refractivity contribution >= 4 is 28.6 Å². The molecule has 6 heteroatoms. The summed E-state index contributed by atoms with van der Waals surface area (Å²) in [5.74, 6) is 0.00841. The van der Waals surface area contributed by atoms with Crippen LogP contribution < -0.4 is 5.32 Å². The van der Waals surface area contributed by atoms with Crippen molar-refractivity contribution in [3.63, 3.8) is 0 Å². The number of hydrogen-bond acceptors (Lipinski definition) is 4. The van der Waals surface area contributed by atoms with Gasteiger partial charge in [0.2, 0.25) is 5.91 Å². The number of carbonyl (C=O) groups is 2. The van der Waals surface area contributed by atoms with Gasteiger partial charge in [-0.3, -0.25) is 4.79 Å². The zero-order valence-electron chi connectivity index (χ0n) is 15.7. The third-order valence-corrected chi connectivity index (χ3v) is 4.35. The molecule has 0 saturated heterocycles. The van der Waals surface area contributed by atoms with Crippen molar-refractivity contribution in [2.45, 2.75) is 26.7 Å². The van der Waals surface area contributed by atoms with E-state index in [1.807, 2.05) is 50.2 Å². The number of ether oxygens (including phenoxy) is 1. The highest BCUT2D eigenvalue weighted by Gasteiger charge is 2.30. The van der Waals surface area contributed by atoms with Gasteiger partial charge < -0.3 is 15.0 Å². The standard InChI is InChI=1S/C19H17N3O3.C2H6/c1-25-19(24)14-10-20-17(22-18(23)12-7-8-12)16-13(14)9-15(21-16)11-5-3-2-4-6-11;1-2/h2-6,9-10,12,21H,7-8H2,1H3,(H,20,22,23);1-2H3. The summed E-state index contributed by atoms with van der Waals surface area (Å²) in [4.78, 5) is 31.7. The molecule has 0 radical (unpaired) electrons. The van der Waals surface area contributed by atoms with Gasteiger partial charge in [-0.15, -0.1) is 0 Å². The molecule has 0 atom stereocenters. The van der Waals surface area contributed by atoms with Gasteiger partial charge in [-0.05, 0) is 24.5 Å². The number of pyridine rings is 1. The Kier molecular flexibility index (Phi) is 5.54. The number of nitrogens with zero attached hydrogens (tertiary/aromatic N) is 1. The minimum absolute atomic E-state index is 0.0320. The summed E-state index contributed by atoms with van der Waals surface area (Å²) in [6, 6.07) is 11.6. The number of benzene rings is 1. The smallest absolute Gasteiger partial charge is 0.340 e. The van der Waals surface area contributed by atoms with E-state index in [4.69, 9.17) is 4.74 Å². The van der Waals surface area contributed by atoms with Gasteiger partial charge in [0.25, 0.3) is 0 Å². The van der Waals surface area contributed by atoms with E-state index in [2.05, 4.69) is 15.3 Å². The molecule has 1 amide bonds. The SMILES string of the molecule is CC.COC(=O)c1cnc(NC(=O)C2CC2)c2[nH]c(-c3ccccc3)cc12. The first-order valence-corrected chi connectivity index (χ1v) is 9.13. The number of rotatable bonds is 4. The topological polar surface area (TPSA) is 84.1 Å². The maximum atomic E-state index is 12.1. The average Bonchev–Trinajstić information content (AvgIpc) is 3.48. The summed E-state index contributed by atoms with van der Waals surface area (Å²) in [5, 5.41) is 3.54. The van der Waals surface area contributed by atoms with E-state index in [1.54, 1.807) is 0 Å². The van der Waals surface area contributed by atoms with Crippen molar-refractivity contribution in [1.29, 1.82) is 0 Å². The minimum Gasteiger partial charge on any atom is -0.465 e. The molecule has 140 valence electrons. The zero-order chi connectivity index (χ0) is 19.4. The Morgan fingerprint density at radius 3 is 2.52 bits per heavy atom. The van der Waals surface area contributed by atoms with Crippen LogP contribution in [-0.2, 0) is 9.53 Å². The maximum absolute atomic E-state index is 12.1. The van der Waals surface area contributed by atoms with Gasteiger partial charge in [-0.1, -0.05) is 44.2 Å². The Labute approximate surface area is 158 Å². The molecule has 3 aromatic rings. The van der Waals surface area contributed by atoms with Crippen LogP contribution in [0.25, 0.3) is 22.2 Å². The number of hydrogen-bond donors (Lipinski definition) is 2. The van der Waals surface area contributed by atoms with E-state index in [9.17, 15) is 9.59 Å². The molecule has 0 unspecified atom stereocenters. The Bertz CT molecular complexity index is 959. The summed E-state index contributed by atoms with van der Waals surface area (Å²) in [6.45, 7) is 4.00. The van der Waals surface area contributed by atoms with Crippen LogP contribution in [0.5, 0.6) is 0 Å². The number of H-pyrrole nitrogens is 1. The number of carbonyl (C=O) groups excluding carboxylic acids is 2. The molecule has 1 aromatic carbocycles. The molecule has 27 heavy (non-hydrogen) atoms. The molecular formula is C21H23N3O3. The van der Waals surface area contributed by atoms with Crippen molar-refractivity contribution in [3.8, 4) is 11.3 Å². The number of nitrogens with one attached hydrogen (secondary N) is 2. The summed E-state index contributed by atoms with van der Waals surface area (Å²) >= 11 is 0. The number of anilines is 1. The van der Waals surface area contributed by atoms with E-state index in [0.29, 0.717) is 22.3 Å². The fourth-order valence-electron chi connectivity index (χ4n) is 2.82. The average molecular weight is 365 g/mol. The van der Waals surface area contributed by atoms with Crippen molar-refractivity contribution in [2.75, 3.05) is 12.4 Å². The predicted octanol–water partition coefficient (Wildman–Crippen LogP) is 4.39. The zero-order valence-corrected chi connectivity index (χ0v) is 15.7. The fraction of sp³-hybridized carbons (Fsp3) is 0.286. The summed E-state index contributed by atoms with van der Waals surface area (Å²) in [7, 11) is 1.34. The van der Waals surface area contributed by atoms with E-state index in [0.717, 1.165) is 24.1 Å². The number of aromatic amines is 1. The van der Waals surface area contributed by atoms with Gasteiger partial charge in [0.1, 0.15) is 0 Å². The van der Waals surface area contributed by atoms with Crippen molar-refractivity contribution < 1.29 is 14.3 Å². The summed E-state index contributed by atoms with van der Waals surface area (Å²) in [6.07, 6.45) is 3.27. The molecule has 1 fully saturated rings. The van der Waals surface area contributed by atoms with E-state index >= 15 is 0 Å². The van der Waals surface area contributed by atoms with Gasteiger partial charge in [0.05, 0.1) is 18.2 Å². The van der Waals surface area contributed by atoms with Crippen LogP contribution in [0.4, 0.5) is 5.82 Å². The van der Waals surface area contributed by atoms with Crippen LogP contribution in [0.15, 0.2) is 42.6 Å². The monoisotopic (exact) mass is 365 g/mol. The van der Waals surface area contributed by atoms with Gasteiger partial charge in [0, 0.05) is 23.2 Å². The summed E-state index contributed by atoms with van der Waals surface area (Å²) < 4.78 is 4.85. The molecule has 0 bridgehead atoms. The van der Waals surface area contributed by atoms with E-state index < -0.39 is 5.97 Å². The maximum Gasteiger partial charge on any atom is 0.340 e. The van der Waals surface area contributed by atoms with Gasteiger partial charge >= 0.3 is 5.97 Å². The van der Waals surface area contributed by atoms with Crippen molar-refractivity contribution in [1.82, 2.24) is 9.97 Å². The highest BCUT2D eigenvalue weighted by atomic mass is 16.5. The molecule has 6 nitrogen and oxygen atoms in total. The fourth-order valence-corrected chi connectivity index (χ4v) is 2.82. The lowest BCUT2D eigenvalue weighted by molar-refractivity contribution is -0.117. The molecule has 1 aliphatic rings. The second kappa shape index (κ2) is 8.03. The molecule has 2 heterocycles. The lowest BCUT2D eigenvalue weighted by Crippen LogP contribution is -2.15. The van der Waals surface area contributed by atoms with Crippen LogP contribution in [-0.4, -0.2) is 29.0 Å². The van der Waals surface area contributed by atoms with Crippen LogP contribution in [0.3, 0.4) is 0 Å². The Hall–Kier alpha value is -3.15. The number of esters is 1. The Balaban J connectivity index is 0.00000102. The molecule has 1 saturated carbocycles. The third kappa shape index (κ3) is 3.84. The minimum atomic E-state index is -0.462. The van der Waals surface area contributed by atoms with Crippen LogP contribution in [0.2, 0.25) is 0 Å². The van der Waals surface area contributed by atoms with Crippen molar-refractivity contribution in [3.05, 3.63) is 48.2 Å². The Morgan fingerprint density at radius 2 is 1.89 bits per heavy atom. The predicted molar refractivity (Wildman–Crippen MR) is 106 cm³/mol. The first-order valence-electron chi connectivity index (χ1n) is 9.13. The van der Waals surface area contributed by atoms with Crippen LogP contribution in [0, 0.1) is 5.92 Å². The lowest BCUT2D eigenvalue weighted by Gasteiger charge is -2.07. The van der Waals surface area contributed by atoms with E-state index in [-0.39, 0.29) is 11.8 Å². The quantitative estimate of drug-likeness (QED) is 0.672. The third-order valence-electron chi connectivity index (χ3n) is 4.35. The highest BCUT2D eigenvalue weighted by molar-refractivity contribution is 6.09. The molecule has 0 aliphatic heterocycles. The van der Waals surface area contributed by atoms with Gasteiger partial charge in [0.15, 0.2) is 5.82 Å². The molecule has 1 aliphatic carbocycles. The summed E-state index contributed by atoms with van der Waals surface area (Å²) in [5.41, 5.74) is 2.81. The normalized spacial score (nSPS) is 12.9. The number of aromatic nitrogens is 2. The number of fused-ring (bicyclic) bond motifs is 1. The Morgan fingerprint density at radius 1 is 1.19 bits per heavy atom. The first-order chi connectivity index (χ1) is 13.2. The second-order valence-electron chi connectivity index (χ2n) is 6.11. The molecule has 4 rings (SSSR count). The van der Waals surface area contributed by atoms with Gasteiger partial charge in [-0.25, -0.2) is 9.78 Å². The molecule has 2 aromatic heterocycles. The highest BCUT2D eigenvalue weighted by Crippen LogP contribution is 2.33. The largest absolute Gasteiger partial charge is 0.465 e. The van der Waals surface area contributed by atoms with E-state index in [1.165, 1.54) is 13.3 Å². The molecule has 0 spiro atoms. The second-order valence-corrected chi connectivity index (χ2v) is 6.11. The van der Waals surface area contributed by atoms with Crippen LogP contribution in [0.1, 0.15) is 37.0 Å². The van der Waals surface area contributed by atoms with Crippen molar-refractivity contribution in [2.24, 2.45) is 5.92 Å². The lowest BCUT2D eigenvalue weighted by atomic mass is 10.1. The number of methoxy groups -OCH3 is 1.